The monoisotopic (exact) mass is 358 g/mol. The first kappa shape index (κ1) is 20.1. The van der Waals surface area contributed by atoms with E-state index in [2.05, 4.69) is 4.74 Å². The number of nitrogens with two attached hydrogens (primary N) is 1. The lowest BCUT2D eigenvalue weighted by Gasteiger charge is -2.22. The summed E-state index contributed by atoms with van der Waals surface area (Å²) in [6.45, 7) is 1.88. The van der Waals surface area contributed by atoms with Crippen LogP contribution in [-0.4, -0.2) is 52.5 Å². The van der Waals surface area contributed by atoms with Crippen LogP contribution in [0.5, 0.6) is 5.75 Å². The van der Waals surface area contributed by atoms with Gasteiger partial charge < -0.3 is 15.2 Å². The van der Waals surface area contributed by atoms with Gasteiger partial charge in [-0.3, -0.25) is 0 Å². The van der Waals surface area contributed by atoms with Gasteiger partial charge in [0.05, 0.1) is 14.2 Å². The first-order valence-corrected chi connectivity index (χ1v) is 7.99. The van der Waals surface area contributed by atoms with E-state index < -0.39 is 16.0 Å². The van der Waals surface area contributed by atoms with Crippen molar-refractivity contribution in [3.05, 3.63) is 10.9 Å². The number of likely N-dealkylation sites (N-methyl/N-ethyl adjacent to an activating group) is 1. The van der Waals surface area contributed by atoms with E-state index in [0.29, 0.717) is 0 Å². The molecule has 0 aliphatic rings. The van der Waals surface area contributed by atoms with Gasteiger partial charge in [0.2, 0.25) is 0 Å². The van der Waals surface area contributed by atoms with E-state index in [9.17, 15) is 13.2 Å². The predicted octanol–water partition coefficient (Wildman–Crippen LogP) is 0.933. The number of sulfonamides is 1. The molecule has 1 rings (SSSR count). The SMILES string of the molecule is COC(=O)c1cc(OC)c(S(=O)(=O)N(C)C(C)CN)s1.Cl. The van der Waals surface area contributed by atoms with Crippen molar-refractivity contribution in [1.82, 2.24) is 4.31 Å². The van der Waals surface area contributed by atoms with Crippen LogP contribution in [0.1, 0.15) is 16.6 Å². The lowest BCUT2D eigenvalue weighted by molar-refractivity contribution is 0.0606. The van der Waals surface area contributed by atoms with Crippen molar-refractivity contribution in [2.75, 3.05) is 27.8 Å². The molecule has 21 heavy (non-hydrogen) atoms. The highest BCUT2D eigenvalue weighted by atomic mass is 35.5. The minimum absolute atomic E-state index is 0. The van der Waals surface area contributed by atoms with Gasteiger partial charge in [-0.2, -0.15) is 4.31 Å². The zero-order valence-corrected chi connectivity index (χ0v) is 14.6. The van der Waals surface area contributed by atoms with Gasteiger partial charge in [0.15, 0.2) is 9.96 Å². The molecule has 122 valence electrons. The van der Waals surface area contributed by atoms with Crippen molar-refractivity contribution in [2.45, 2.75) is 17.2 Å². The molecule has 0 spiro atoms. The molecule has 7 nitrogen and oxygen atoms in total. The number of hydrogen-bond acceptors (Lipinski definition) is 7. The molecule has 0 saturated heterocycles. The minimum atomic E-state index is -3.77. The zero-order chi connectivity index (χ0) is 15.5. The molecule has 1 atom stereocenters. The average molecular weight is 359 g/mol. The highest BCUT2D eigenvalue weighted by molar-refractivity contribution is 7.91. The molecule has 0 aromatic carbocycles. The van der Waals surface area contributed by atoms with E-state index in [0.717, 1.165) is 15.6 Å². The molecule has 0 radical (unpaired) electrons. The first-order chi connectivity index (χ1) is 9.29. The number of hydrogen-bond donors (Lipinski definition) is 1. The molecular weight excluding hydrogens is 340 g/mol. The lowest BCUT2D eigenvalue weighted by atomic mass is 10.4. The fourth-order valence-corrected chi connectivity index (χ4v) is 4.43. The fourth-order valence-electron chi connectivity index (χ4n) is 1.40. The predicted molar refractivity (Wildman–Crippen MR) is 82.9 cm³/mol. The second-order valence-corrected chi connectivity index (χ2v) is 7.31. The fraction of sp³-hybridized carbons (Fsp3) is 0.545. The summed E-state index contributed by atoms with van der Waals surface area (Å²) in [6.07, 6.45) is 0. The Morgan fingerprint density at radius 3 is 2.48 bits per heavy atom. The van der Waals surface area contributed by atoms with Gasteiger partial charge in [0.25, 0.3) is 10.0 Å². The van der Waals surface area contributed by atoms with Gasteiger partial charge in [-0.1, -0.05) is 0 Å². The summed E-state index contributed by atoms with van der Waals surface area (Å²) in [5, 5.41) is 0. The van der Waals surface area contributed by atoms with Crippen molar-refractivity contribution in [2.24, 2.45) is 5.73 Å². The van der Waals surface area contributed by atoms with Crippen molar-refractivity contribution in [1.29, 1.82) is 0 Å². The quantitative estimate of drug-likeness (QED) is 0.759. The van der Waals surface area contributed by atoms with Gasteiger partial charge in [0, 0.05) is 25.7 Å². The molecule has 1 aromatic rings. The molecule has 2 N–H and O–H groups in total. The average Bonchev–Trinajstić information content (AvgIpc) is 2.89. The highest BCUT2D eigenvalue weighted by Gasteiger charge is 2.31. The van der Waals surface area contributed by atoms with Gasteiger partial charge in [-0.25, -0.2) is 13.2 Å². The minimum Gasteiger partial charge on any atom is -0.494 e. The molecule has 0 bridgehead atoms. The third-order valence-electron chi connectivity index (χ3n) is 2.85. The number of thiophene rings is 1. The molecule has 1 aromatic heterocycles. The van der Waals surface area contributed by atoms with Crippen LogP contribution in [-0.2, 0) is 14.8 Å². The molecule has 10 heteroatoms. The number of esters is 1. The Bertz CT molecular complexity index is 587. The van der Waals surface area contributed by atoms with Crippen LogP contribution >= 0.6 is 23.7 Å². The standard InChI is InChI=1S/C11H18N2O5S2.ClH/c1-7(6-12)13(2)20(15,16)11-8(17-3)5-9(19-11)10(14)18-4;/h5,7H,6,12H2,1-4H3;1H. The normalized spacial score (nSPS) is 12.7. The van der Waals surface area contributed by atoms with Crippen LogP contribution in [0.2, 0.25) is 0 Å². The Hall–Kier alpha value is -0.870. The van der Waals surface area contributed by atoms with E-state index in [1.165, 1.54) is 27.3 Å². The number of rotatable bonds is 6. The summed E-state index contributed by atoms with van der Waals surface area (Å²) < 4.78 is 35.7. The molecule has 0 amide bonds. The Kier molecular flexibility index (Phi) is 7.62. The Morgan fingerprint density at radius 1 is 1.48 bits per heavy atom. The van der Waals surface area contributed by atoms with Crippen LogP contribution in [0.3, 0.4) is 0 Å². The molecule has 0 saturated carbocycles. The lowest BCUT2D eigenvalue weighted by Crippen LogP contribution is -2.39. The molecule has 0 aliphatic carbocycles. The van der Waals surface area contributed by atoms with Crippen molar-refractivity contribution < 1.29 is 22.7 Å². The summed E-state index contributed by atoms with van der Waals surface area (Å²) in [4.78, 5) is 11.6. The zero-order valence-electron chi connectivity index (χ0n) is 12.2. The largest absolute Gasteiger partial charge is 0.494 e. The van der Waals surface area contributed by atoms with Crippen molar-refractivity contribution >= 4 is 39.7 Å². The smallest absolute Gasteiger partial charge is 0.348 e. The molecule has 1 heterocycles. The Balaban J connectivity index is 0.00000400. The van der Waals surface area contributed by atoms with E-state index in [1.807, 2.05) is 0 Å². The summed E-state index contributed by atoms with van der Waals surface area (Å²) in [6, 6.07) is 0.984. The second kappa shape index (κ2) is 7.95. The Labute approximate surface area is 134 Å². The summed E-state index contributed by atoms with van der Waals surface area (Å²) in [7, 11) is 0.229. The number of carbonyl (C=O) groups is 1. The van der Waals surface area contributed by atoms with Gasteiger partial charge in [0.1, 0.15) is 4.88 Å². The molecule has 0 aliphatic heterocycles. The summed E-state index contributed by atoms with van der Waals surface area (Å²) in [5.74, 6) is -0.490. The van der Waals surface area contributed by atoms with Crippen LogP contribution in [0.4, 0.5) is 0 Å². The van der Waals surface area contributed by atoms with Gasteiger partial charge in [-0.05, 0) is 6.92 Å². The topological polar surface area (TPSA) is 98.9 Å². The summed E-state index contributed by atoms with van der Waals surface area (Å²) >= 11 is 0.810. The van der Waals surface area contributed by atoms with Crippen LogP contribution < -0.4 is 10.5 Å². The van der Waals surface area contributed by atoms with Crippen LogP contribution in [0.15, 0.2) is 10.3 Å². The maximum Gasteiger partial charge on any atom is 0.348 e. The number of carbonyl (C=O) groups excluding carboxylic acids is 1. The molecular formula is C11H19ClN2O5S2. The third kappa shape index (κ3) is 4.07. The maximum absolute atomic E-state index is 12.5. The van der Waals surface area contributed by atoms with E-state index in [-0.39, 0.29) is 39.8 Å². The van der Waals surface area contributed by atoms with E-state index >= 15 is 0 Å². The number of methoxy groups -OCH3 is 2. The number of ether oxygens (including phenoxy) is 2. The second-order valence-electron chi connectivity index (χ2n) is 4.06. The van der Waals surface area contributed by atoms with Crippen LogP contribution in [0.25, 0.3) is 0 Å². The molecule has 0 fully saturated rings. The number of nitrogens with zero attached hydrogens (tertiary/aromatic N) is 1. The first-order valence-electron chi connectivity index (χ1n) is 5.73. The highest BCUT2D eigenvalue weighted by Crippen LogP contribution is 2.35. The van der Waals surface area contributed by atoms with Gasteiger partial charge in [-0.15, -0.1) is 23.7 Å². The number of halogens is 1. The van der Waals surface area contributed by atoms with Crippen molar-refractivity contribution in [3.63, 3.8) is 0 Å². The molecule has 1 unspecified atom stereocenters. The van der Waals surface area contributed by atoms with Crippen molar-refractivity contribution in [3.8, 4) is 5.75 Å². The Morgan fingerprint density at radius 2 is 2.05 bits per heavy atom. The van der Waals surface area contributed by atoms with Gasteiger partial charge >= 0.3 is 5.97 Å². The van der Waals surface area contributed by atoms with Crippen LogP contribution in [0, 0.1) is 0 Å². The van der Waals surface area contributed by atoms with E-state index in [1.54, 1.807) is 6.92 Å². The van der Waals surface area contributed by atoms with E-state index in [4.69, 9.17) is 10.5 Å². The summed E-state index contributed by atoms with van der Waals surface area (Å²) in [5.41, 5.74) is 5.49. The maximum atomic E-state index is 12.5. The third-order valence-corrected chi connectivity index (χ3v) is 6.41.